The van der Waals surface area contributed by atoms with Gasteiger partial charge in [-0.2, -0.15) is 17.0 Å². The highest BCUT2D eigenvalue weighted by Gasteiger charge is 2.30. The van der Waals surface area contributed by atoms with E-state index in [4.69, 9.17) is 5.26 Å². The number of nitrogens with zero attached hydrogens (tertiary/aromatic N) is 4. The lowest BCUT2D eigenvalue weighted by Crippen LogP contribution is -2.45. The van der Waals surface area contributed by atoms with Crippen molar-refractivity contribution in [2.45, 2.75) is 12.8 Å². The zero-order valence-electron chi connectivity index (χ0n) is 12.6. The Morgan fingerprint density at radius 2 is 2.00 bits per heavy atom. The van der Waals surface area contributed by atoms with Gasteiger partial charge in [-0.1, -0.05) is 0 Å². The summed E-state index contributed by atoms with van der Waals surface area (Å²) < 4.78 is 0. The fraction of sp³-hybridized carbons (Fsp3) is 0.562. The van der Waals surface area contributed by atoms with Crippen LogP contribution in [0, 0.1) is 17.2 Å². The molecule has 116 valence electrons. The molecule has 0 spiro atoms. The van der Waals surface area contributed by atoms with Crippen molar-refractivity contribution in [3.63, 3.8) is 0 Å². The molecule has 2 aliphatic heterocycles. The van der Waals surface area contributed by atoms with Crippen molar-refractivity contribution in [2.24, 2.45) is 5.92 Å². The van der Waals surface area contributed by atoms with Crippen LogP contribution >= 0.6 is 11.8 Å². The average molecular weight is 316 g/mol. The zero-order valence-corrected chi connectivity index (χ0v) is 13.4. The molecule has 0 N–H and O–H groups in total. The van der Waals surface area contributed by atoms with Crippen molar-refractivity contribution in [2.75, 3.05) is 42.6 Å². The van der Waals surface area contributed by atoms with Crippen molar-refractivity contribution in [3.05, 3.63) is 24.0 Å². The third-order valence-corrected chi connectivity index (χ3v) is 5.34. The highest BCUT2D eigenvalue weighted by atomic mass is 32.2. The number of hydrogen-bond donors (Lipinski definition) is 0. The first-order valence-electron chi connectivity index (χ1n) is 7.76. The van der Waals surface area contributed by atoms with E-state index < -0.39 is 0 Å². The van der Waals surface area contributed by atoms with Gasteiger partial charge < -0.3 is 9.80 Å². The van der Waals surface area contributed by atoms with Crippen LogP contribution < -0.4 is 4.90 Å². The molecular weight excluding hydrogens is 296 g/mol. The predicted octanol–water partition coefficient (Wildman–Crippen LogP) is 1.75. The molecule has 5 nitrogen and oxygen atoms in total. The number of amides is 1. The molecule has 2 fully saturated rings. The SMILES string of the molecule is N#Cc1ncccc1N1CCC(C(=O)N2CCSCC2)CC1. The summed E-state index contributed by atoms with van der Waals surface area (Å²) in [5.41, 5.74) is 1.37. The highest BCUT2D eigenvalue weighted by molar-refractivity contribution is 7.99. The normalized spacial score (nSPS) is 19.8. The zero-order chi connectivity index (χ0) is 15.4. The van der Waals surface area contributed by atoms with E-state index in [1.54, 1.807) is 6.20 Å². The third kappa shape index (κ3) is 3.20. The molecule has 6 heteroatoms. The van der Waals surface area contributed by atoms with E-state index in [-0.39, 0.29) is 5.92 Å². The third-order valence-electron chi connectivity index (χ3n) is 4.40. The van der Waals surface area contributed by atoms with E-state index in [0.717, 1.165) is 56.2 Å². The van der Waals surface area contributed by atoms with Crippen molar-refractivity contribution in [1.29, 1.82) is 5.26 Å². The fourth-order valence-corrected chi connectivity index (χ4v) is 4.05. The summed E-state index contributed by atoms with van der Waals surface area (Å²) >= 11 is 1.92. The van der Waals surface area contributed by atoms with E-state index >= 15 is 0 Å². The lowest BCUT2D eigenvalue weighted by atomic mass is 9.94. The second kappa shape index (κ2) is 7.01. The standard InChI is InChI=1S/C16H20N4OS/c17-12-14-15(2-1-5-18-14)19-6-3-13(4-7-19)16(21)20-8-10-22-11-9-20/h1-2,5,13H,3-4,6-11H2. The van der Waals surface area contributed by atoms with Crippen LogP contribution in [0.5, 0.6) is 0 Å². The van der Waals surface area contributed by atoms with Gasteiger partial charge in [0.1, 0.15) is 6.07 Å². The molecule has 0 aromatic carbocycles. The Hall–Kier alpha value is -1.74. The van der Waals surface area contributed by atoms with E-state index in [0.29, 0.717) is 11.6 Å². The number of carbonyl (C=O) groups is 1. The van der Waals surface area contributed by atoms with Gasteiger partial charge in [0.15, 0.2) is 5.69 Å². The van der Waals surface area contributed by atoms with Gasteiger partial charge in [0.05, 0.1) is 5.69 Å². The first-order chi connectivity index (χ1) is 10.8. The van der Waals surface area contributed by atoms with Gasteiger partial charge in [-0.3, -0.25) is 4.79 Å². The Balaban J connectivity index is 1.60. The molecule has 0 atom stereocenters. The van der Waals surface area contributed by atoms with E-state index in [2.05, 4.69) is 16.0 Å². The molecule has 0 bridgehead atoms. The van der Waals surface area contributed by atoms with Gasteiger partial charge in [-0.25, -0.2) is 4.98 Å². The summed E-state index contributed by atoms with van der Waals surface area (Å²) in [6.07, 6.45) is 3.37. The highest BCUT2D eigenvalue weighted by Crippen LogP contribution is 2.26. The first-order valence-corrected chi connectivity index (χ1v) is 8.91. The van der Waals surface area contributed by atoms with Crippen molar-refractivity contribution >= 4 is 23.4 Å². The van der Waals surface area contributed by atoms with Gasteiger partial charge in [0.2, 0.25) is 5.91 Å². The van der Waals surface area contributed by atoms with Gasteiger partial charge in [-0.15, -0.1) is 0 Å². The Labute approximate surface area is 135 Å². The van der Waals surface area contributed by atoms with Crippen LogP contribution in [0.1, 0.15) is 18.5 Å². The maximum absolute atomic E-state index is 12.6. The smallest absolute Gasteiger partial charge is 0.225 e. The van der Waals surface area contributed by atoms with Crippen molar-refractivity contribution in [1.82, 2.24) is 9.88 Å². The van der Waals surface area contributed by atoms with Gasteiger partial charge in [-0.05, 0) is 25.0 Å². The second-order valence-corrected chi connectivity index (χ2v) is 6.91. The van der Waals surface area contributed by atoms with Crippen molar-refractivity contribution in [3.8, 4) is 6.07 Å². The lowest BCUT2D eigenvalue weighted by Gasteiger charge is -2.36. The van der Waals surface area contributed by atoms with Gasteiger partial charge in [0.25, 0.3) is 0 Å². The molecule has 1 aromatic heterocycles. The molecule has 0 unspecified atom stereocenters. The number of thioether (sulfide) groups is 1. The lowest BCUT2D eigenvalue weighted by molar-refractivity contribution is -0.135. The monoisotopic (exact) mass is 316 g/mol. The quantitative estimate of drug-likeness (QED) is 0.832. The van der Waals surface area contributed by atoms with Gasteiger partial charge >= 0.3 is 0 Å². The Morgan fingerprint density at radius 1 is 1.27 bits per heavy atom. The number of piperidine rings is 1. The van der Waals surface area contributed by atoms with Crippen LogP contribution in [0.3, 0.4) is 0 Å². The number of aromatic nitrogens is 1. The molecule has 2 saturated heterocycles. The second-order valence-electron chi connectivity index (χ2n) is 5.68. The molecule has 1 aromatic rings. The molecule has 22 heavy (non-hydrogen) atoms. The largest absolute Gasteiger partial charge is 0.369 e. The summed E-state index contributed by atoms with van der Waals surface area (Å²) in [7, 11) is 0. The molecular formula is C16H20N4OS. The van der Waals surface area contributed by atoms with E-state index in [1.165, 1.54) is 0 Å². The first kappa shape index (κ1) is 15.2. The Kier molecular flexibility index (Phi) is 4.84. The molecule has 3 rings (SSSR count). The molecule has 0 radical (unpaired) electrons. The maximum Gasteiger partial charge on any atom is 0.225 e. The summed E-state index contributed by atoms with van der Waals surface area (Å²) in [5, 5.41) is 9.16. The number of hydrogen-bond acceptors (Lipinski definition) is 5. The summed E-state index contributed by atoms with van der Waals surface area (Å²) in [4.78, 5) is 20.9. The van der Waals surface area contributed by atoms with Gasteiger partial charge in [0, 0.05) is 49.8 Å². The Bertz CT molecular complexity index is 572. The topological polar surface area (TPSA) is 60.2 Å². The minimum absolute atomic E-state index is 0.140. The molecule has 1 amide bonds. The summed E-state index contributed by atoms with van der Waals surface area (Å²) in [5.74, 6) is 2.59. The summed E-state index contributed by atoms with van der Waals surface area (Å²) in [6.45, 7) is 3.43. The maximum atomic E-state index is 12.6. The van der Waals surface area contributed by atoms with Crippen LogP contribution in [0.15, 0.2) is 18.3 Å². The van der Waals surface area contributed by atoms with Crippen LogP contribution in [-0.4, -0.2) is 53.5 Å². The molecule has 3 heterocycles. The predicted molar refractivity (Wildman–Crippen MR) is 87.8 cm³/mol. The Morgan fingerprint density at radius 3 is 2.68 bits per heavy atom. The van der Waals surface area contributed by atoms with Crippen LogP contribution in [0.2, 0.25) is 0 Å². The molecule has 0 saturated carbocycles. The van der Waals surface area contributed by atoms with Crippen LogP contribution in [0.4, 0.5) is 5.69 Å². The number of rotatable bonds is 2. The molecule has 0 aliphatic carbocycles. The summed E-state index contributed by atoms with van der Waals surface area (Å²) in [6, 6.07) is 5.95. The van der Waals surface area contributed by atoms with Crippen LogP contribution in [0.25, 0.3) is 0 Å². The number of anilines is 1. The number of pyridine rings is 1. The average Bonchev–Trinajstić information content (AvgIpc) is 2.62. The minimum atomic E-state index is 0.140. The minimum Gasteiger partial charge on any atom is -0.369 e. The van der Waals surface area contributed by atoms with E-state index in [9.17, 15) is 4.79 Å². The van der Waals surface area contributed by atoms with E-state index in [1.807, 2.05) is 28.8 Å². The number of nitriles is 1. The number of carbonyl (C=O) groups excluding carboxylic acids is 1. The van der Waals surface area contributed by atoms with Crippen molar-refractivity contribution < 1.29 is 4.79 Å². The molecule has 2 aliphatic rings. The van der Waals surface area contributed by atoms with Crippen LogP contribution in [-0.2, 0) is 4.79 Å². The fourth-order valence-electron chi connectivity index (χ4n) is 3.15.